The summed E-state index contributed by atoms with van der Waals surface area (Å²) < 4.78 is 5.14. The zero-order chi connectivity index (χ0) is 18.1. The second kappa shape index (κ2) is 9.72. The number of likely N-dealkylation sites (N-methyl/N-ethyl adjacent to an activating group) is 1. The summed E-state index contributed by atoms with van der Waals surface area (Å²) in [4.78, 5) is 15.1. The van der Waals surface area contributed by atoms with Gasteiger partial charge in [0.05, 0.1) is 31.2 Å². The highest BCUT2D eigenvalue weighted by molar-refractivity contribution is 7.99. The lowest BCUT2D eigenvalue weighted by Gasteiger charge is -2.17. The number of hydrogen-bond acceptors (Lipinski definition) is 5. The molecule has 0 aliphatic heterocycles. The van der Waals surface area contributed by atoms with Crippen molar-refractivity contribution in [3.8, 4) is 11.8 Å². The Balaban J connectivity index is 1.90. The Morgan fingerprint density at radius 2 is 1.96 bits per heavy atom. The molecule has 0 bridgehead atoms. The van der Waals surface area contributed by atoms with Crippen LogP contribution in [0.4, 0.5) is 5.69 Å². The van der Waals surface area contributed by atoms with Gasteiger partial charge in [0.2, 0.25) is 5.91 Å². The van der Waals surface area contributed by atoms with Crippen molar-refractivity contribution in [2.24, 2.45) is 0 Å². The number of carbonyl (C=O) groups is 1. The zero-order valence-electron chi connectivity index (χ0n) is 14.4. The molecule has 0 atom stereocenters. The molecule has 0 fully saturated rings. The molecule has 1 amide bonds. The number of rotatable bonds is 8. The van der Waals surface area contributed by atoms with Crippen LogP contribution in [0.15, 0.2) is 53.4 Å². The lowest BCUT2D eigenvalue weighted by atomic mass is 10.2. The van der Waals surface area contributed by atoms with Gasteiger partial charge in [-0.2, -0.15) is 5.26 Å². The molecule has 6 heteroatoms. The van der Waals surface area contributed by atoms with Crippen LogP contribution < -0.4 is 10.1 Å². The van der Waals surface area contributed by atoms with E-state index in [2.05, 4.69) is 11.4 Å². The molecule has 2 rings (SSSR count). The number of amides is 1. The molecule has 0 radical (unpaired) electrons. The van der Waals surface area contributed by atoms with E-state index in [4.69, 9.17) is 10.00 Å². The molecular weight excluding hydrogens is 334 g/mol. The van der Waals surface area contributed by atoms with Gasteiger partial charge in [0.1, 0.15) is 5.75 Å². The number of nitrogens with zero attached hydrogens (tertiary/aromatic N) is 2. The van der Waals surface area contributed by atoms with E-state index in [1.54, 1.807) is 7.11 Å². The molecule has 1 N–H and O–H groups in total. The number of anilines is 1. The molecule has 0 heterocycles. The number of para-hydroxylation sites is 1. The molecule has 0 aliphatic rings. The van der Waals surface area contributed by atoms with E-state index >= 15 is 0 Å². The van der Waals surface area contributed by atoms with E-state index in [-0.39, 0.29) is 12.5 Å². The van der Waals surface area contributed by atoms with E-state index < -0.39 is 0 Å². The monoisotopic (exact) mass is 355 g/mol. The Morgan fingerprint density at radius 3 is 2.64 bits per heavy atom. The molecule has 130 valence electrons. The highest BCUT2D eigenvalue weighted by Crippen LogP contribution is 2.26. The highest BCUT2D eigenvalue weighted by Gasteiger charge is 2.10. The van der Waals surface area contributed by atoms with E-state index in [0.717, 1.165) is 21.9 Å². The maximum atomic E-state index is 12.3. The first-order valence-corrected chi connectivity index (χ1v) is 8.81. The van der Waals surface area contributed by atoms with Crippen LogP contribution in [-0.2, 0) is 11.3 Å². The van der Waals surface area contributed by atoms with E-state index in [0.29, 0.717) is 12.3 Å². The van der Waals surface area contributed by atoms with Gasteiger partial charge in [-0.25, -0.2) is 0 Å². The van der Waals surface area contributed by atoms with Crippen molar-refractivity contribution in [2.75, 3.05) is 31.8 Å². The number of carbonyl (C=O) groups excluding carboxylic acids is 1. The minimum absolute atomic E-state index is 0.0824. The maximum absolute atomic E-state index is 12.3. The molecule has 2 aromatic carbocycles. The van der Waals surface area contributed by atoms with Gasteiger partial charge in [-0.05, 0) is 36.9 Å². The molecule has 2 aromatic rings. The molecular formula is C19H21N3O2S. The topological polar surface area (TPSA) is 65.4 Å². The SMILES string of the molecule is COc1ccc(CN(C)CC(=O)Nc2ccccc2SCC#N)cc1. The van der Waals surface area contributed by atoms with Gasteiger partial charge in [-0.1, -0.05) is 24.3 Å². The van der Waals surface area contributed by atoms with Crippen LogP contribution in [0.2, 0.25) is 0 Å². The van der Waals surface area contributed by atoms with Crippen molar-refractivity contribution in [1.82, 2.24) is 4.90 Å². The zero-order valence-corrected chi connectivity index (χ0v) is 15.2. The summed E-state index contributed by atoms with van der Waals surface area (Å²) in [6.45, 7) is 0.950. The van der Waals surface area contributed by atoms with Gasteiger partial charge in [0, 0.05) is 11.4 Å². The first-order valence-electron chi connectivity index (χ1n) is 7.82. The summed E-state index contributed by atoms with van der Waals surface area (Å²) in [6, 6.07) is 17.4. The Kier molecular flexibility index (Phi) is 7.33. The largest absolute Gasteiger partial charge is 0.497 e. The lowest BCUT2D eigenvalue weighted by molar-refractivity contribution is -0.117. The highest BCUT2D eigenvalue weighted by atomic mass is 32.2. The first-order chi connectivity index (χ1) is 12.1. The van der Waals surface area contributed by atoms with Gasteiger partial charge >= 0.3 is 0 Å². The normalized spacial score (nSPS) is 10.3. The Hall–Kier alpha value is -2.49. The number of thioether (sulfide) groups is 1. The van der Waals surface area contributed by atoms with Crippen molar-refractivity contribution >= 4 is 23.4 Å². The minimum Gasteiger partial charge on any atom is -0.497 e. The van der Waals surface area contributed by atoms with Crippen LogP contribution in [0, 0.1) is 11.3 Å². The third-order valence-electron chi connectivity index (χ3n) is 3.48. The summed E-state index contributed by atoms with van der Waals surface area (Å²) >= 11 is 1.41. The average Bonchev–Trinajstić information content (AvgIpc) is 2.61. The van der Waals surface area contributed by atoms with Crippen molar-refractivity contribution in [2.45, 2.75) is 11.4 Å². The number of methoxy groups -OCH3 is 1. The maximum Gasteiger partial charge on any atom is 0.238 e. The van der Waals surface area contributed by atoms with Crippen LogP contribution in [0.25, 0.3) is 0 Å². The summed E-state index contributed by atoms with van der Waals surface area (Å²) in [5, 5.41) is 11.6. The molecule has 5 nitrogen and oxygen atoms in total. The summed E-state index contributed by atoms with van der Waals surface area (Å²) in [5.74, 6) is 1.08. The third-order valence-corrected chi connectivity index (χ3v) is 4.42. The Bertz CT molecular complexity index is 741. The number of nitrogens with one attached hydrogen (secondary N) is 1. The number of nitriles is 1. The van der Waals surface area contributed by atoms with Gasteiger partial charge in [0.25, 0.3) is 0 Å². The van der Waals surface area contributed by atoms with Gasteiger partial charge < -0.3 is 10.1 Å². The second-order valence-corrected chi connectivity index (χ2v) is 6.53. The summed E-state index contributed by atoms with van der Waals surface area (Å²) in [5.41, 5.74) is 1.85. The van der Waals surface area contributed by atoms with Gasteiger partial charge in [-0.3, -0.25) is 9.69 Å². The first kappa shape index (κ1) is 18.8. The molecule has 0 aliphatic carbocycles. The third kappa shape index (κ3) is 6.14. The standard InChI is InChI=1S/C19H21N3O2S/c1-22(13-15-7-9-16(24-2)10-8-15)14-19(23)21-17-5-3-4-6-18(17)25-12-11-20/h3-10H,12-14H2,1-2H3,(H,21,23). The van der Waals surface area contributed by atoms with E-state index in [9.17, 15) is 4.79 Å². The molecule has 0 saturated carbocycles. The van der Waals surface area contributed by atoms with Gasteiger partial charge in [0.15, 0.2) is 0 Å². The van der Waals surface area contributed by atoms with Crippen molar-refractivity contribution in [3.63, 3.8) is 0 Å². The van der Waals surface area contributed by atoms with Crippen LogP contribution in [0.1, 0.15) is 5.56 Å². The second-order valence-electron chi connectivity index (χ2n) is 5.51. The predicted octanol–water partition coefficient (Wildman–Crippen LogP) is 3.38. The Morgan fingerprint density at radius 1 is 1.24 bits per heavy atom. The fourth-order valence-corrected chi connectivity index (χ4v) is 3.01. The summed E-state index contributed by atoms with van der Waals surface area (Å²) in [6.07, 6.45) is 0. The smallest absolute Gasteiger partial charge is 0.238 e. The summed E-state index contributed by atoms with van der Waals surface area (Å²) in [7, 11) is 3.54. The molecule has 0 saturated heterocycles. The fraction of sp³-hybridized carbons (Fsp3) is 0.263. The Labute approximate surface area is 152 Å². The van der Waals surface area contributed by atoms with Crippen molar-refractivity contribution < 1.29 is 9.53 Å². The van der Waals surface area contributed by atoms with Crippen molar-refractivity contribution in [1.29, 1.82) is 5.26 Å². The number of benzene rings is 2. The van der Waals surface area contributed by atoms with Crippen LogP contribution in [0.5, 0.6) is 5.75 Å². The fourth-order valence-electron chi connectivity index (χ4n) is 2.34. The quantitative estimate of drug-likeness (QED) is 0.736. The molecule has 0 spiro atoms. The minimum atomic E-state index is -0.0824. The van der Waals surface area contributed by atoms with Crippen LogP contribution in [-0.4, -0.2) is 37.3 Å². The van der Waals surface area contributed by atoms with Crippen LogP contribution in [0.3, 0.4) is 0 Å². The number of hydrogen-bond donors (Lipinski definition) is 1. The van der Waals surface area contributed by atoms with Gasteiger partial charge in [-0.15, -0.1) is 11.8 Å². The molecule has 0 aromatic heterocycles. The molecule has 0 unspecified atom stereocenters. The average molecular weight is 355 g/mol. The lowest BCUT2D eigenvalue weighted by Crippen LogP contribution is -2.30. The van der Waals surface area contributed by atoms with Crippen LogP contribution >= 0.6 is 11.8 Å². The van der Waals surface area contributed by atoms with E-state index in [1.807, 2.05) is 60.5 Å². The van der Waals surface area contributed by atoms with Crippen molar-refractivity contribution in [3.05, 3.63) is 54.1 Å². The number of ether oxygens (including phenoxy) is 1. The predicted molar refractivity (Wildman–Crippen MR) is 101 cm³/mol. The van der Waals surface area contributed by atoms with E-state index in [1.165, 1.54) is 11.8 Å². The molecule has 25 heavy (non-hydrogen) atoms.